The molecule has 0 aliphatic rings. The Morgan fingerprint density at radius 3 is 2.68 bits per heavy atom. The number of aryl methyl sites for hydroxylation is 2. The fourth-order valence-corrected chi connectivity index (χ4v) is 3.34. The van der Waals surface area contributed by atoms with Crippen molar-refractivity contribution in [1.29, 1.82) is 0 Å². The molecule has 0 aliphatic carbocycles. The number of nitrogens with one attached hydrogen (secondary N) is 1. The standard InChI is InChI=1S/C21H22FN7O2/c1-5-28(6-2)15-10-23-21-26-19(27-29(21)11-15)16-9-14(7-8-17(16)22)25-20(30)18-12(3)24-13(4)31-18/h7-11H,5-6H2,1-4H3,(H,25,30). The van der Waals surface area contributed by atoms with Gasteiger partial charge in [0.1, 0.15) is 5.82 Å². The number of rotatable bonds is 6. The van der Waals surface area contributed by atoms with Crippen LogP contribution in [0.25, 0.3) is 17.2 Å². The van der Waals surface area contributed by atoms with E-state index in [0.29, 0.717) is 23.0 Å². The van der Waals surface area contributed by atoms with Crippen LogP contribution in [0.3, 0.4) is 0 Å². The highest BCUT2D eigenvalue weighted by atomic mass is 19.1. The molecule has 0 unspecified atom stereocenters. The lowest BCUT2D eigenvalue weighted by Gasteiger charge is -2.19. The minimum atomic E-state index is -0.510. The SMILES string of the molecule is CCN(CC)c1cnc2nc(-c3cc(NC(=O)c4oc(C)nc4C)ccc3F)nn2c1. The Bertz CT molecular complexity index is 1260. The van der Waals surface area contributed by atoms with E-state index in [1.807, 2.05) is 6.20 Å². The van der Waals surface area contributed by atoms with Crippen molar-refractivity contribution in [1.82, 2.24) is 24.6 Å². The van der Waals surface area contributed by atoms with Gasteiger partial charge in [0.2, 0.25) is 5.76 Å². The number of oxazole rings is 1. The van der Waals surface area contributed by atoms with Crippen LogP contribution >= 0.6 is 0 Å². The molecule has 0 fully saturated rings. The lowest BCUT2D eigenvalue weighted by atomic mass is 10.1. The number of hydrogen-bond donors (Lipinski definition) is 1. The maximum atomic E-state index is 14.6. The number of anilines is 2. The molecule has 0 saturated carbocycles. The van der Waals surface area contributed by atoms with Crippen LogP contribution in [0.15, 0.2) is 35.0 Å². The number of nitrogens with zero attached hydrogens (tertiary/aromatic N) is 6. The van der Waals surface area contributed by atoms with Gasteiger partial charge in [0.15, 0.2) is 11.7 Å². The van der Waals surface area contributed by atoms with Crippen molar-refractivity contribution < 1.29 is 13.6 Å². The van der Waals surface area contributed by atoms with E-state index < -0.39 is 11.7 Å². The molecule has 160 valence electrons. The molecule has 0 aliphatic heterocycles. The Hall–Kier alpha value is -3.82. The zero-order valence-corrected chi connectivity index (χ0v) is 17.7. The summed E-state index contributed by atoms with van der Waals surface area (Å²) in [6, 6.07) is 4.19. The van der Waals surface area contributed by atoms with Crippen LogP contribution in [0.5, 0.6) is 0 Å². The van der Waals surface area contributed by atoms with Crippen molar-refractivity contribution in [2.24, 2.45) is 0 Å². The predicted molar refractivity (Wildman–Crippen MR) is 114 cm³/mol. The van der Waals surface area contributed by atoms with Crippen molar-refractivity contribution in [3.05, 3.63) is 53.8 Å². The van der Waals surface area contributed by atoms with Crippen LogP contribution in [-0.2, 0) is 0 Å². The van der Waals surface area contributed by atoms with Gasteiger partial charge in [0.05, 0.1) is 29.3 Å². The van der Waals surface area contributed by atoms with Crippen LogP contribution in [-0.4, -0.2) is 43.6 Å². The first-order valence-electron chi connectivity index (χ1n) is 9.92. The Balaban J connectivity index is 1.65. The molecule has 1 N–H and O–H groups in total. The molecule has 0 bridgehead atoms. The quantitative estimate of drug-likeness (QED) is 0.505. The van der Waals surface area contributed by atoms with E-state index in [2.05, 4.69) is 44.1 Å². The van der Waals surface area contributed by atoms with Gasteiger partial charge in [-0.2, -0.15) is 4.98 Å². The number of halogens is 1. The van der Waals surface area contributed by atoms with Crippen LogP contribution in [0.2, 0.25) is 0 Å². The first kappa shape index (κ1) is 20.5. The van der Waals surface area contributed by atoms with Gasteiger partial charge in [0, 0.05) is 25.7 Å². The zero-order valence-electron chi connectivity index (χ0n) is 17.7. The Kier molecular flexibility index (Phi) is 5.37. The second-order valence-electron chi connectivity index (χ2n) is 6.96. The lowest BCUT2D eigenvalue weighted by molar-refractivity contribution is 0.0994. The maximum absolute atomic E-state index is 14.6. The fourth-order valence-electron chi connectivity index (χ4n) is 3.34. The van der Waals surface area contributed by atoms with Gasteiger partial charge in [0.25, 0.3) is 11.7 Å². The molecule has 0 saturated heterocycles. The number of aromatic nitrogens is 5. The van der Waals surface area contributed by atoms with Crippen LogP contribution in [0.1, 0.15) is 36.0 Å². The number of carbonyl (C=O) groups is 1. The molecular weight excluding hydrogens is 401 g/mol. The van der Waals surface area contributed by atoms with E-state index in [0.717, 1.165) is 18.8 Å². The van der Waals surface area contributed by atoms with Crippen LogP contribution < -0.4 is 10.2 Å². The minimum absolute atomic E-state index is 0.113. The fraction of sp³-hybridized carbons (Fsp3) is 0.286. The highest BCUT2D eigenvalue weighted by molar-refractivity contribution is 6.03. The smallest absolute Gasteiger partial charge is 0.293 e. The summed E-state index contributed by atoms with van der Waals surface area (Å²) in [5.74, 6) is 0.0565. The first-order chi connectivity index (χ1) is 14.9. The summed E-state index contributed by atoms with van der Waals surface area (Å²) in [5.41, 5.74) is 1.91. The maximum Gasteiger partial charge on any atom is 0.293 e. The Morgan fingerprint density at radius 1 is 1.23 bits per heavy atom. The second-order valence-corrected chi connectivity index (χ2v) is 6.96. The molecule has 1 aromatic carbocycles. The molecule has 10 heteroatoms. The molecule has 1 amide bonds. The molecule has 9 nitrogen and oxygen atoms in total. The molecule has 31 heavy (non-hydrogen) atoms. The normalized spacial score (nSPS) is 11.1. The van der Waals surface area contributed by atoms with E-state index in [1.165, 1.54) is 22.7 Å². The van der Waals surface area contributed by atoms with Crippen LogP contribution in [0.4, 0.5) is 15.8 Å². The molecule has 3 aromatic heterocycles. The van der Waals surface area contributed by atoms with Crippen LogP contribution in [0, 0.1) is 19.7 Å². The third-order valence-corrected chi connectivity index (χ3v) is 4.88. The summed E-state index contributed by atoms with van der Waals surface area (Å²) in [4.78, 5) is 27.4. The highest BCUT2D eigenvalue weighted by Gasteiger charge is 2.18. The molecule has 4 aromatic rings. The minimum Gasteiger partial charge on any atom is -0.436 e. The third-order valence-electron chi connectivity index (χ3n) is 4.88. The summed E-state index contributed by atoms with van der Waals surface area (Å²) < 4.78 is 21.4. The highest BCUT2D eigenvalue weighted by Crippen LogP contribution is 2.25. The van der Waals surface area contributed by atoms with Crippen molar-refractivity contribution in [3.8, 4) is 11.4 Å². The zero-order chi connectivity index (χ0) is 22.1. The monoisotopic (exact) mass is 423 g/mol. The summed E-state index contributed by atoms with van der Waals surface area (Å²) in [6.45, 7) is 9.10. The first-order valence-corrected chi connectivity index (χ1v) is 9.92. The number of amides is 1. The Morgan fingerprint density at radius 2 is 2.00 bits per heavy atom. The number of benzene rings is 1. The number of hydrogen-bond acceptors (Lipinski definition) is 7. The lowest BCUT2D eigenvalue weighted by Crippen LogP contribution is -2.22. The van der Waals surface area contributed by atoms with Crippen molar-refractivity contribution >= 4 is 23.1 Å². The van der Waals surface area contributed by atoms with E-state index in [1.54, 1.807) is 20.0 Å². The van der Waals surface area contributed by atoms with Gasteiger partial charge in [-0.05, 0) is 39.0 Å². The largest absolute Gasteiger partial charge is 0.436 e. The van der Waals surface area contributed by atoms with E-state index in [9.17, 15) is 9.18 Å². The van der Waals surface area contributed by atoms with Gasteiger partial charge in [-0.3, -0.25) is 4.79 Å². The second kappa shape index (κ2) is 8.13. The van der Waals surface area contributed by atoms with Gasteiger partial charge < -0.3 is 14.6 Å². The van der Waals surface area contributed by atoms with Gasteiger partial charge in [-0.15, -0.1) is 5.10 Å². The van der Waals surface area contributed by atoms with Gasteiger partial charge >= 0.3 is 0 Å². The Labute approximate surface area is 177 Å². The van der Waals surface area contributed by atoms with Gasteiger partial charge in [-0.1, -0.05) is 0 Å². The third kappa shape index (κ3) is 3.96. The van der Waals surface area contributed by atoms with Crippen molar-refractivity contribution in [2.45, 2.75) is 27.7 Å². The van der Waals surface area contributed by atoms with Crippen molar-refractivity contribution in [2.75, 3.05) is 23.3 Å². The van der Waals surface area contributed by atoms with E-state index >= 15 is 0 Å². The summed E-state index contributed by atoms with van der Waals surface area (Å²) >= 11 is 0. The number of fused-ring (bicyclic) bond motifs is 1. The van der Waals surface area contributed by atoms with E-state index in [-0.39, 0.29) is 17.1 Å². The molecular formula is C21H22FN7O2. The molecule has 4 rings (SSSR count). The van der Waals surface area contributed by atoms with Crippen molar-refractivity contribution in [3.63, 3.8) is 0 Å². The average Bonchev–Trinajstić information content (AvgIpc) is 3.32. The predicted octanol–water partition coefficient (Wildman–Crippen LogP) is 3.63. The molecule has 0 spiro atoms. The average molecular weight is 423 g/mol. The van der Waals surface area contributed by atoms with E-state index in [4.69, 9.17) is 4.42 Å². The molecule has 3 heterocycles. The molecule has 0 atom stereocenters. The molecule has 0 radical (unpaired) electrons. The topological polar surface area (TPSA) is 101 Å². The summed E-state index contributed by atoms with van der Waals surface area (Å²) in [6.07, 6.45) is 3.53. The summed E-state index contributed by atoms with van der Waals surface area (Å²) in [5, 5.41) is 7.09. The number of carbonyl (C=O) groups excluding carboxylic acids is 1. The summed E-state index contributed by atoms with van der Waals surface area (Å²) in [7, 11) is 0. The van der Waals surface area contributed by atoms with Gasteiger partial charge in [-0.25, -0.2) is 18.9 Å².